The second-order valence-corrected chi connectivity index (χ2v) is 4.13. The Morgan fingerprint density at radius 3 is 2.56 bits per heavy atom. The number of methoxy groups -OCH3 is 1. The largest absolute Gasteiger partial charge is 0.493 e. The van der Waals surface area contributed by atoms with Gasteiger partial charge in [-0.15, -0.1) is 0 Å². The Balaban J connectivity index is 2.13. The molecule has 0 aliphatic heterocycles. The van der Waals surface area contributed by atoms with E-state index in [2.05, 4.69) is 19.1 Å². The summed E-state index contributed by atoms with van der Waals surface area (Å²) in [6, 6.07) is 13.5. The van der Waals surface area contributed by atoms with Gasteiger partial charge in [0.05, 0.1) is 7.11 Å². The number of aryl methyl sites for hydroxylation is 1. The van der Waals surface area contributed by atoms with Gasteiger partial charge in [0.2, 0.25) is 0 Å². The highest BCUT2D eigenvalue weighted by atomic mass is 16.5. The second kappa shape index (κ2) is 5.45. The van der Waals surface area contributed by atoms with Crippen LogP contribution in [0.1, 0.15) is 11.1 Å². The minimum atomic E-state index is 0.521. The average molecular weight is 243 g/mol. The zero-order valence-corrected chi connectivity index (χ0v) is 10.6. The van der Waals surface area contributed by atoms with E-state index < -0.39 is 0 Å². The van der Waals surface area contributed by atoms with Gasteiger partial charge in [0.1, 0.15) is 6.61 Å². The lowest BCUT2D eigenvalue weighted by Gasteiger charge is -2.12. The van der Waals surface area contributed by atoms with Crippen LogP contribution >= 0.6 is 0 Å². The van der Waals surface area contributed by atoms with E-state index >= 15 is 0 Å². The van der Waals surface area contributed by atoms with Gasteiger partial charge in [0.25, 0.3) is 0 Å². The van der Waals surface area contributed by atoms with Crippen molar-refractivity contribution in [3.8, 4) is 11.5 Å². The molecule has 0 fully saturated rings. The Morgan fingerprint density at radius 1 is 1.06 bits per heavy atom. The first-order valence-corrected chi connectivity index (χ1v) is 5.81. The molecule has 0 aromatic heterocycles. The molecule has 2 aromatic carbocycles. The molecule has 0 amide bonds. The number of rotatable bonds is 4. The van der Waals surface area contributed by atoms with Gasteiger partial charge in [-0.25, -0.2) is 0 Å². The molecule has 0 aliphatic carbocycles. The number of hydrogen-bond donors (Lipinski definition) is 1. The molecule has 2 aromatic rings. The van der Waals surface area contributed by atoms with Crippen molar-refractivity contribution >= 4 is 5.69 Å². The number of hydrogen-bond acceptors (Lipinski definition) is 3. The number of benzene rings is 2. The average Bonchev–Trinajstić information content (AvgIpc) is 2.39. The minimum Gasteiger partial charge on any atom is -0.493 e. The molecule has 0 saturated heterocycles. The molecule has 0 radical (unpaired) electrons. The van der Waals surface area contributed by atoms with E-state index in [1.807, 2.05) is 18.2 Å². The highest BCUT2D eigenvalue weighted by Gasteiger charge is 2.05. The molecular formula is C15H17NO2. The number of nitrogens with two attached hydrogens (primary N) is 1. The summed E-state index contributed by atoms with van der Waals surface area (Å²) in [6.45, 7) is 2.59. The lowest BCUT2D eigenvalue weighted by molar-refractivity contribution is 0.284. The topological polar surface area (TPSA) is 44.5 Å². The molecule has 18 heavy (non-hydrogen) atoms. The van der Waals surface area contributed by atoms with Gasteiger partial charge >= 0.3 is 0 Å². The smallest absolute Gasteiger partial charge is 0.162 e. The number of nitrogen functional groups attached to an aromatic ring is 1. The first-order chi connectivity index (χ1) is 8.70. The van der Waals surface area contributed by atoms with E-state index in [-0.39, 0.29) is 0 Å². The van der Waals surface area contributed by atoms with Crippen molar-refractivity contribution in [2.75, 3.05) is 12.8 Å². The highest BCUT2D eigenvalue weighted by molar-refractivity contribution is 5.52. The molecule has 2 rings (SSSR count). The Morgan fingerprint density at radius 2 is 1.83 bits per heavy atom. The van der Waals surface area contributed by atoms with Crippen LogP contribution in [0.2, 0.25) is 0 Å². The van der Waals surface area contributed by atoms with Gasteiger partial charge in [-0.2, -0.15) is 0 Å². The highest BCUT2D eigenvalue weighted by Crippen LogP contribution is 2.29. The van der Waals surface area contributed by atoms with E-state index in [0.717, 1.165) is 5.56 Å². The van der Waals surface area contributed by atoms with Crippen LogP contribution in [0, 0.1) is 6.92 Å². The van der Waals surface area contributed by atoms with Crippen molar-refractivity contribution in [3.05, 3.63) is 53.6 Å². The SMILES string of the molecule is COc1cc(N)ccc1OCc1ccccc1C. The molecule has 0 aliphatic rings. The molecule has 3 nitrogen and oxygen atoms in total. The Kier molecular flexibility index (Phi) is 3.72. The van der Waals surface area contributed by atoms with E-state index in [9.17, 15) is 0 Å². The first kappa shape index (κ1) is 12.3. The summed E-state index contributed by atoms with van der Waals surface area (Å²) in [6.07, 6.45) is 0. The fourth-order valence-corrected chi connectivity index (χ4v) is 1.73. The molecule has 0 heterocycles. The Hall–Kier alpha value is -2.16. The minimum absolute atomic E-state index is 0.521. The first-order valence-electron chi connectivity index (χ1n) is 5.81. The number of ether oxygens (including phenoxy) is 2. The summed E-state index contributed by atoms with van der Waals surface area (Å²) >= 11 is 0. The molecular weight excluding hydrogens is 226 g/mol. The van der Waals surface area contributed by atoms with Crippen molar-refractivity contribution in [2.24, 2.45) is 0 Å². The van der Waals surface area contributed by atoms with Gasteiger partial charge in [-0.3, -0.25) is 0 Å². The predicted octanol–water partition coefficient (Wildman–Crippen LogP) is 3.16. The summed E-state index contributed by atoms with van der Waals surface area (Å²) in [5, 5.41) is 0. The third kappa shape index (κ3) is 2.74. The van der Waals surface area contributed by atoms with Crippen molar-refractivity contribution < 1.29 is 9.47 Å². The van der Waals surface area contributed by atoms with Crippen molar-refractivity contribution in [2.45, 2.75) is 13.5 Å². The molecule has 3 heteroatoms. The lowest BCUT2D eigenvalue weighted by atomic mass is 10.1. The van der Waals surface area contributed by atoms with Crippen LogP contribution in [0.15, 0.2) is 42.5 Å². The summed E-state index contributed by atoms with van der Waals surface area (Å²) in [7, 11) is 1.61. The van der Waals surface area contributed by atoms with Gasteiger partial charge in [-0.05, 0) is 30.2 Å². The standard InChI is InChI=1S/C15H17NO2/c1-11-5-3-4-6-12(11)10-18-14-8-7-13(16)9-15(14)17-2/h3-9H,10,16H2,1-2H3. The van der Waals surface area contributed by atoms with Gasteiger partial charge in [0, 0.05) is 11.8 Å². The normalized spacial score (nSPS) is 10.1. The van der Waals surface area contributed by atoms with E-state index in [1.165, 1.54) is 5.56 Å². The van der Waals surface area contributed by atoms with Crippen LogP contribution in [0.4, 0.5) is 5.69 Å². The maximum absolute atomic E-state index is 5.77. The molecule has 0 bridgehead atoms. The lowest BCUT2D eigenvalue weighted by Crippen LogP contribution is -2.00. The molecule has 2 N–H and O–H groups in total. The van der Waals surface area contributed by atoms with Crippen LogP contribution in [0.25, 0.3) is 0 Å². The van der Waals surface area contributed by atoms with Gasteiger partial charge < -0.3 is 15.2 Å². The fraction of sp³-hybridized carbons (Fsp3) is 0.200. The third-order valence-corrected chi connectivity index (χ3v) is 2.83. The quantitative estimate of drug-likeness (QED) is 0.839. The van der Waals surface area contributed by atoms with E-state index in [1.54, 1.807) is 19.2 Å². The molecule has 94 valence electrons. The zero-order chi connectivity index (χ0) is 13.0. The maximum Gasteiger partial charge on any atom is 0.162 e. The second-order valence-electron chi connectivity index (χ2n) is 4.13. The van der Waals surface area contributed by atoms with Crippen molar-refractivity contribution in [3.63, 3.8) is 0 Å². The summed E-state index contributed by atoms with van der Waals surface area (Å²) < 4.78 is 11.0. The summed E-state index contributed by atoms with van der Waals surface area (Å²) in [5.41, 5.74) is 8.74. The van der Waals surface area contributed by atoms with Crippen LogP contribution in [0.5, 0.6) is 11.5 Å². The third-order valence-electron chi connectivity index (χ3n) is 2.83. The van der Waals surface area contributed by atoms with Crippen LogP contribution in [0.3, 0.4) is 0 Å². The summed E-state index contributed by atoms with van der Waals surface area (Å²) in [5.74, 6) is 1.36. The van der Waals surface area contributed by atoms with E-state index in [4.69, 9.17) is 15.2 Å². The molecule has 0 atom stereocenters. The van der Waals surface area contributed by atoms with Crippen LogP contribution in [-0.2, 0) is 6.61 Å². The fourth-order valence-electron chi connectivity index (χ4n) is 1.73. The zero-order valence-electron chi connectivity index (χ0n) is 10.6. The number of anilines is 1. The summed E-state index contributed by atoms with van der Waals surface area (Å²) in [4.78, 5) is 0. The molecule has 0 spiro atoms. The van der Waals surface area contributed by atoms with Gasteiger partial charge in [0.15, 0.2) is 11.5 Å². The van der Waals surface area contributed by atoms with Gasteiger partial charge in [-0.1, -0.05) is 24.3 Å². The predicted molar refractivity (Wildman–Crippen MR) is 72.9 cm³/mol. The van der Waals surface area contributed by atoms with Crippen LogP contribution < -0.4 is 15.2 Å². The van der Waals surface area contributed by atoms with Crippen LogP contribution in [-0.4, -0.2) is 7.11 Å². The Labute approximate surface area is 107 Å². The van der Waals surface area contributed by atoms with Crippen molar-refractivity contribution in [1.29, 1.82) is 0 Å². The van der Waals surface area contributed by atoms with E-state index in [0.29, 0.717) is 23.8 Å². The maximum atomic E-state index is 5.77. The van der Waals surface area contributed by atoms with Crippen molar-refractivity contribution in [1.82, 2.24) is 0 Å². The Bertz CT molecular complexity index is 538. The monoisotopic (exact) mass is 243 g/mol. The molecule has 0 saturated carbocycles. The molecule has 0 unspecified atom stereocenters.